The summed E-state index contributed by atoms with van der Waals surface area (Å²) in [6, 6.07) is 20.9. The van der Waals surface area contributed by atoms with Gasteiger partial charge in [0.2, 0.25) is 0 Å². The Kier molecular flexibility index (Phi) is 5.38. The SMILES string of the molecule is O=C(NCCc1c[nH]c2ccc(Cl)cc12)c1cccc(-c2ccccc2Cl)c1. The Labute approximate surface area is 173 Å². The highest BCUT2D eigenvalue weighted by atomic mass is 35.5. The number of halogens is 2. The van der Waals surface area contributed by atoms with Crippen LogP contribution in [0.2, 0.25) is 10.0 Å². The zero-order valence-electron chi connectivity index (χ0n) is 15.0. The summed E-state index contributed by atoms with van der Waals surface area (Å²) in [5.41, 5.74) is 4.61. The molecule has 0 spiro atoms. The van der Waals surface area contributed by atoms with Crippen LogP contribution in [0.3, 0.4) is 0 Å². The van der Waals surface area contributed by atoms with Gasteiger partial charge in [-0.2, -0.15) is 0 Å². The molecule has 0 bridgehead atoms. The highest BCUT2D eigenvalue weighted by molar-refractivity contribution is 6.33. The molecule has 4 aromatic rings. The van der Waals surface area contributed by atoms with Crippen molar-refractivity contribution >= 4 is 40.0 Å². The van der Waals surface area contributed by atoms with Gasteiger partial charge < -0.3 is 10.3 Å². The Morgan fingerprint density at radius 2 is 1.82 bits per heavy atom. The quantitative estimate of drug-likeness (QED) is 0.410. The maximum Gasteiger partial charge on any atom is 0.251 e. The Morgan fingerprint density at radius 3 is 2.68 bits per heavy atom. The van der Waals surface area contributed by atoms with Crippen molar-refractivity contribution < 1.29 is 4.79 Å². The maximum absolute atomic E-state index is 12.6. The van der Waals surface area contributed by atoms with Crippen LogP contribution in [0.15, 0.2) is 72.9 Å². The summed E-state index contributed by atoms with van der Waals surface area (Å²) in [6.07, 6.45) is 2.68. The lowest BCUT2D eigenvalue weighted by Crippen LogP contribution is -2.25. The number of nitrogens with one attached hydrogen (secondary N) is 2. The molecule has 0 unspecified atom stereocenters. The van der Waals surface area contributed by atoms with Crippen LogP contribution < -0.4 is 5.32 Å². The summed E-state index contributed by atoms with van der Waals surface area (Å²) in [6.45, 7) is 0.536. The molecule has 0 aliphatic heterocycles. The number of carbonyl (C=O) groups is 1. The first kappa shape index (κ1) is 18.6. The van der Waals surface area contributed by atoms with E-state index in [0.29, 0.717) is 22.2 Å². The minimum absolute atomic E-state index is 0.105. The molecule has 3 nitrogen and oxygen atoms in total. The van der Waals surface area contributed by atoms with Crippen LogP contribution in [0.5, 0.6) is 0 Å². The molecular formula is C23H18Cl2N2O. The van der Waals surface area contributed by atoms with Gasteiger partial charge in [-0.1, -0.05) is 53.5 Å². The Morgan fingerprint density at radius 1 is 0.964 bits per heavy atom. The molecule has 5 heteroatoms. The molecule has 1 amide bonds. The van der Waals surface area contributed by atoms with Crippen molar-refractivity contribution in [3.63, 3.8) is 0 Å². The van der Waals surface area contributed by atoms with Crippen molar-refractivity contribution in [2.24, 2.45) is 0 Å². The molecule has 0 aliphatic rings. The van der Waals surface area contributed by atoms with E-state index in [9.17, 15) is 4.79 Å². The zero-order chi connectivity index (χ0) is 19.5. The molecule has 140 valence electrons. The van der Waals surface area contributed by atoms with Crippen LogP contribution in [0.25, 0.3) is 22.0 Å². The van der Waals surface area contributed by atoms with Crippen LogP contribution in [-0.2, 0) is 6.42 Å². The largest absolute Gasteiger partial charge is 0.361 e. The van der Waals surface area contributed by atoms with E-state index in [1.807, 2.05) is 66.9 Å². The number of fused-ring (bicyclic) bond motifs is 1. The fourth-order valence-corrected chi connectivity index (χ4v) is 3.71. The summed E-state index contributed by atoms with van der Waals surface area (Å²) in [4.78, 5) is 15.8. The van der Waals surface area contributed by atoms with Crippen LogP contribution in [0, 0.1) is 0 Å². The fraction of sp³-hybridized carbons (Fsp3) is 0.0870. The number of benzene rings is 3. The Balaban J connectivity index is 1.45. The first-order valence-corrected chi connectivity index (χ1v) is 9.76. The zero-order valence-corrected chi connectivity index (χ0v) is 16.5. The smallest absolute Gasteiger partial charge is 0.251 e. The van der Waals surface area contributed by atoms with Crippen molar-refractivity contribution in [2.75, 3.05) is 6.54 Å². The van der Waals surface area contributed by atoms with Crippen LogP contribution in [0.1, 0.15) is 15.9 Å². The van der Waals surface area contributed by atoms with Crippen molar-refractivity contribution in [1.29, 1.82) is 0 Å². The van der Waals surface area contributed by atoms with Gasteiger partial charge in [-0.3, -0.25) is 4.79 Å². The van der Waals surface area contributed by atoms with Gasteiger partial charge in [-0.15, -0.1) is 0 Å². The fourth-order valence-electron chi connectivity index (χ4n) is 3.29. The van der Waals surface area contributed by atoms with Gasteiger partial charge in [-0.25, -0.2) is 0 Å². The highest BCUT2D eigenvalue weighted by Gasteiger charge is 2.10. The third-order valence-corrected chi connectivity index (χ3v) is 5.28. The van der Waals surface area contributed by atoms with Crippen molar-refractivity contribution in [2.45, 2.75) is 6.42 Å². The second kappa shape index (κ2) is 8.09. The molecule has 0 saturated carbocycles. The van der Waals surface area contributed by atoms with Gasteiger partial charge in [0.05, 0.1) is 0 Å². The molecule has 0 radical (unpaired) electrons. The number of amides is 1. The van der Waals surface area contributed by atoms with E-state index in [0.717, 1.165) is 34.0 Å². The predicted molar refractivity (Wildman–Crippen MR) is 116 cm³/mol. The number of rotatable bonds is 5. The normalized spacial score (nSPS) is 10.9. The Hall–Kier alpha value is -2.75. The summed E-state index contributed by atoms with van der Waals surface area (Å²) in [7, 11) is 0. The number of hydrogen-bond acceptors (Lipinski definition) is 1. The van der Waals surface area contributed by atoms with Gasteiger partial charge in [0.15, 0.2) is 0 Å². The third kappa shape index (κ3) is 3.91. The van der Waals surface area contributed by atoms with Gasteiger partial charge in [0.25, 0.3) is 5.91 Å². The molecule has 3 aromatic carbocycles. The molecule has 0 saturated heterocycles. The van der Waals surface area contributed by atoms with E-state index < -0.39 is 0 Å². The summed E-state index contributed by atoms with van der Waals surface area (Å²) >= 11 is 12.4. The molecular weight excluding hydrogens is 391 g/mol. The van der Waals surface area contributed by atoms with E-state index >= 15 is 0 Å². The number of carbonyl (C=O) groups excluding carboxylic acids is 1. The average molecular weight is 409 g/mol. The lowest BCUT2D eigenvalue weighted by Gasteiger charge is -2.08. The van der Waals surface area contributed by atoms with E-state index in [2.05, 4.69) is 10.3 Å². The van der Waals surface area contributed by atoms with Crippen molar-refractivity contribution in [3.05, 3.63) is 94.1 Å². The molecule has 0 aliphatic carbocycles. The van der Waals surface area contributed by atoms with Gasteiger partial charge in [0, 0.05) is 44.8 Å². The van der Waals surface area contributed by atoms with Crippen molar-refractivity contribution in [1.82, 2.24) is 10.3 Å². The van der Waals surface area contributed by atoms with Gasteiger partial charge in [-0.05, 0) is 53.9 Å². The number of H-pyrrole nitrogens is 1. The van der Waals surface area contributed by atoms with E-state index in [-0.39, 0.29) is 5.91 Å². The van der Waals surface area contributed by atoms with Crippen LogP contribution in [0.4, 0.5) is 0 Å². The molecule has 4 rings (SSSR count). The standard InChI is InChI=1S/C23H18Cl2N2O/c24-18-8-9-22-20(13-18)17(14-27-22)10-11-26-23(28)16-5-3-4-15(12-16)19-6-1-2-7-21(19)25/h1-9,12-14,27H,10-11H2,(H,26,28). The monoisotopic (exact) mass is 408 g/mol. The summed E-state index contributed by atoms with van der Waals surface area (Å²) in [5.74, 6) is -0.105. The second-order valence-corrected chi connectivity index (χ2v) is 7.41. The van der Waals surface area contributed by atoms with E-state index in [1.54, 1.807) is 6.07 Å². The molecule has 0 atom stereocenters. The van der Waals surface area contributed by atoms with E-state index in [4.69, 9.17) is 23.2 Å². The first-order chi connectivity index (χ1) is 13.6. The minimum atomic E-state index is -0.105. The lowest BCUT2D eigenvalue weighted by molar-refractivity contribution is 0.0954. The number of aromatic nitrogens is 1. The van der Waals surface area contributed by atoms with Crippen LogP contribution >= 0.6 is 23.2 Å². The van der Waals surface area contributed by atoms with Crippen LogP contribution in [-0.4, -0.2) is 17.4 Å². The topological polar surface area (TPSA) is 44.9 Å². The highest BCUT2D eigenvalue weighted by Crippen LogP contribution is 2.28. The predicted octanol–water partition coefficient (Wildman–Crippen LogP) is 6.11. The summed E-state index contributed by atoms with van der Waals surface area (Å²) in [5, 5.41) is 5.44. The summed E-state index contributed by atoms with van der Waals surface area (Å²) < 4.78 is 0. The first-order valence-electron chi connectivity index (χ1n) is 9.00. The van der Waals surface area contributed by atoms with Gasteiger partial charge >= 0.3 is 0 Å². The van der Waals surface area contributed by atoms with E-state index in [1.165, 1.54) is 0 Å². The third-order valence-electron chi connectivity index (χ3n) is 4.72. The lowest BCUT2D eigenvalue weighted by atomic mass is 10.0. The average Bonchev–Trinajstić information content (AvgIpc) is 3.10. The maximum atomic E-state index is 12.6. The molecule has 2 N–H and O–H groups in total. The molecule has 1 aromatic heterocycles. The minimum Gasteiger partial charge on any atom is -0.361 e. The molecule has 0 fully saturated rings. The van der Waals surface area contributed by atoms with Crippen molar-refractivity contribution in [3.8, 4) is 11.1 Å². The second-order valence-electron chi connectivity index (χ2n) is 6.57. The number of aromatic amines is 1. The molecule has 28 heavy (non-hydrogen) atoms. The molecule has 1 heterocycles. The van der Waals surface area contributed by atoms with Gasteiger partial charge in [0.1, 0.15) is 0 Å². The number of hydrogen-bond donors (Lipinski definition) is 2. The Bertz CT molecular complexity index is 1150.